The Kier molecular flexibility index (Phi) is 8.19. The molecule has 118 valence electrons. The van der Waals surface area contributed by atoms with Gasteiger partial charge in [-0.15, -0.1) is 0 Å². The molecule has 1 aromatic rings. The van der Waals surface area contributed by atoms with E-state index in [1.165, 1.54) is 12.1 Å². The third-order valence-corrected chi connectivity index (χ3v) is 2.87. The zero-order chi connectivity index (χ0) is 15.5. The highest BCUT2D eigenvalue weighted by Gasteiger charge is 2.09. The van der Waals surface area contributed by atoms with Gasteiger partial charge in [0.1, 0.15) is 17.7 Å². The van der Waals surface area contributed by atoms with Crippen LogP contribution in [0.5, 0.6) is 5.75 Å². The Morgan fingerprint density at radius 3 is 2.81 bits per heavy atom. The molecule has 1 aromatic carbocycles. The summed E-state index contributed by atoms with van der Waals surface area (Å²) in [7, 11) is 3.36. The van der Waals surface area contributed by atoms with Crippen LogP contribution < -0.4 is 15.4 Å². The highest BCUT2D eigenvalue weighted by Crippen LogP contribution is 2.14. The summed E-state index contributed by atoms with van der Waals surface area (Å²) in [5, 5.41) is 6.30. The second-order valence-corrected chi connectivity index (χ2v) is 4.48. The molecular weight excluding hydrogens is 273 g/mol. The number of rotatable bonds is 8. The Labute approximate surface area is 125 Å². The molecule has 21 heavy (non-hydrogen) atoms. The number of nitrogens with one attached hydrogen (secondary N) is 2. The lowest BCUT2D eigenvalue weighted by atomic mass is 10.2. The van der Waals surface area contributed by atoms with E-state index in [1.807, 2.05) is 6.92 Å². The number of nitrogens with zero attached hydrogens (tertiary/aromatic N) is 1. The van der Waals surface area contributed by atoms with Crippen LogP contribution >= 0.6 is 0 Å². The quantitative estimate of drug-likeness (QED) is 0.436. The lowest BCUT2D eigenvalue weighted by Crippen LogP contribution is -2.43. The topological polar surface area (TPSA) is 54.9 Å². The first-order chi connectivity index (χ1) is 10.2. The van der Waals surface area contributed by atoms with Gasteiger partial charge in [-0.25, -0.2) is 4.39 Å². The van der Waals surface area contributed by atoms with E-state index in [2.05, 4.69) is 15.6 Å². The van der Waals surface area contributed by atoms with Crippen LogP contribution in [0.1, 0.15) is 13.3 Å². The molecule has 6 heteroatoms. The van der Waals surface area contributed by atoms with Crippen molar-refractivity contribution in [1.29, 1.82) is 0 Å². The second kappa shape index (κ2) is 9.99. The van der Waals surface area contributed by atoms with Gasteiger partial charge in [0.25, 0.3) is 0 Å². The minimum Gasteiger partial charge on any atom is -0.489 e. The molecule has 5 nitrogen and oxygen atoms in total. The smallest absolute Gasteiger partial charge is 0.191 e. The van der Waals surface area contributed by atoms with E-state index in [-0.39, 0.29) is 11.9 Å². The first-order valence-corrected chi connectivity index (χ1v) is 7.05. The molecule has 0 aromatic heterocycles. The fraction of sp³-hybridized carbons (Fsp3) is 0.533. The predicted molar refractivity (Wildman–Crippen MR) is 82.3 cm³/mol. The van der Waals surface area contributed by atoms with Crippen molar-refractivity contribution in [3.8, 4) is 5.75 Å². The Balaban J connectivity index is 2.42. The van der Waals surface area contributed by atoms with Gasteiger partial charge in [0.2, 0.25) is 0 Å². The number of guanidine groups is 1. The summed E-state index contributed by atoms with van der Waals surface area (Å²) in [6.07, 6.45) is 0.742. The number of halogens is 1. The number of benzene rings is 1. The molecule has 0 fully saturated rings. The predicted octanol–water partition coefficient (Wildman–Crippen LogP) is 1.79. The molecule has 0 amide bonds. The standard InChI is InChI=1S/C15H24FN3O2/c1-4-13(21-14-7-5-6-12(16)10-14)11-19-15(17-2)18-8-9-20-3/h5-7,10,13H,4,8-9,11H2,1-3H3,(H2,17,18,19). The van der Waals surface area contributed by atoms with E-state index in [4.69, 9.17) is 9.47 Å². The van der Waals surface area contributed by atoms with E-state index < -0.39 is 0 Å². The van der Waals surface area contributed by atoms with Crippen molar-refractivity contribution in [2.75, 3.05) is 33.9 Å². The summed E-state index contributed by atoms with van der Waals surface area (Å²) in [5.74, 6) is 0.923. The first kappa shape index (κ1) is 17.2. The highest BCUT2D eigenvalue weighted by molar-refractivity contribution is 5.79. The van der Waals surface area contributed by atoms with Gasteiger partial charge >= 0.3 is 0 Å². The average Bonchev–Trinajstić information content (AvgIpc) is 2.49. The summed E-state index contributed by atoms with van der Waals surface area (Å²) in [6, 6.07) is 6.16. The van der Waals surface area contributed by atoms with Crippen LogP contribution in [0.4, 0.5) is 4.39 Å². The van der Waals surface area contributed by atoms with Crippen LogP contribution in [0, 0.1) is 5.82 Å². The van der Waals surface area contributed by atoms with Crippen molar-refractivity contribution in [3.05, 3.63) is 30.1 Å². The van der Waals surface area contributed by atoms with Crippen LogP contribution in [-0.2, 0) is 4.74 Å². The Morgan fingerprint density at radius 2 is 2.19 bits per heavy atom. The summed E-state index contributed by atoms with van der Waals surface area (Å²) >= 11 is 0. The van der Waals surface area contributed by atoms with Gasteiger partial charge in [-0.3, -0.25) is 4.99 Å². The normalized spacial score (nSPS) is 12.9. The van der Waals surface area contributed by atoms with Crippen molar-refractivity contribution in [2.45, 2.75) is 19.4 Å². The number of hydrogen-bond donors (Lipinski definition) is 2. The molecule has 1 rings (SSSR count). The third kappa shape index (κ3) is 6.94. The van der Waals surface area contributed by atoms with Crippen LogP contribution in [-0.4, -0.2) is 45.9 Å². The summed E-state index contributed by atoms with van der Waals surface area (Å²) < 4.78 is 23.8. The van der Waals surface area contributed by atoms with Crippen LogP contribution in [0.25, 0.3) is 0 Å². The molecule has 0 aliphatic carbocycles. The number of methoxy groups -OCH3 is 1. The highest BCUT2D eigenvalue weighted by atomic mass is 19.1. The van der Waals surface area contributed by atoms with Gasteiger partial charge in [-0.1, -0.05) is 13.0 Å². The Bertz CT molecular complexity index is 441. The van der Waals surface area contributed by atoms with Crippen LogP contribution in [0.15, 0.2) is 29.3 Å². The van der Waals surface area contributed by atoms with Crippen LogP contribution in [0.2, 0.25) is 0 Å². The maximum atomic E-state index is 13.1. The zero-order valence-corrected chi connectivity index (χ0v) is 12.9. The van der Waals surface area contributed by atoms with Gasteiger partial charge in [0.05, 0.1) is 13.2 Å². The molecule has 0 heterocycles. The second-order valence-electron chi connectivity index (χ2n) is 4.48. The monoisotopic (exact) mass is 297 g/mol. The molecule has 0 saturated heterocycles. The lowest BCUT2D eigenvalue weighted by molar-refractivity contribution is 0.197. The Hall–Kier alpha value is -1.82. The summed E-state index contributed by atoms with van der Waals surface area (Å²) in [5.41, 5.74) is 0. The SMILES string of the molecule is CCC(CNC(=NC)NCCOC)Oc1cccc(F)c1. The van der Waals surface area contributed by atoms with E-state index in [1.54, 1.807) is 26.3 Å². The largest absolute Gasteiger partial charge is 0.489 e. The number of ether oxygens (including phenoxy) is 2. The summed E-state index contributed by atoms with van der Waals surface area (Å²) in [4.78, 5) is 4.11. The molecule has 1 unspecified atom stereocenters. The molecule has 0 aliphatic heterocycles. The van der Waals surface area contributed by atoms with Crippen molar-refractivity contribution in [3.63, 3.8) is 0 Å². The van der Waals surface area contributed by atoms with E-state index in [9.17, 15) is 4.39 Å². The van der Waals surface area contributed by atoms with Crippen molar-refractivity contribution in [2.24, 2.45) is 4.99 Å². The van der Waals surface area contributed by atoms with Gasteiger partial charge in [0, 0.05) is 26.8 Å². The fourth-order valence-corrected chi connectivity index (χ4v) is 1.70. The molecule has 0 saturated carbocycles. The molecule has 0 spiro atoms. The number of aliphatic imine (C=N–C) groups is 1. The van der Waals surface area contributed by atoms with E-state index >= 15 is 0 Å². The molecule has 0 radical (unpaired) electrons. The van der Waals surface area contributed by atoms with Crippen molar-refractivity contribution >= 4 is 5.96 Å². The molecule has 2 N–H and O–H groups in total. The van der Waals surface area contributed by atoms with Gasteiger partial charge < -0.3 is 20.1 Å². The third-order valence-electron chi connectivity index (χ3n) is 2.87. The van der Waals surface area contributed by atoms with Gasteiger partial charge in [0.15, 0.2) is 5.96 Å². The minimum atomic E-state index is -0.299. The molecule has 0 aliphatic rings. The number of hydrogen-bond acceptors (Lipinski definition) is 3. The first-order valence-electron chi connectivity index (χ1n) is 7.05. The van der Waals surface area contributed by atoms with E-state index in [0.29, 0.717) is 31.4 Å². The molecular formula is C15H24FN3O2. The molecule has 1 atom stereocenters. The maximum Gasteiger partial charge on any atom is 0.191 e. The minimum absolute atomic E-state index is 0.0622. The fourth-order valence-electron chi connectivity index (χ4n) is 1.70. The molecule has 0 bridgehead atoms. The van der Waals surface area contributed by atoms with Crippen LogP contribution in [0.3, 0.4) is 0 Å². The lowest BCUT2D eigenvalue weighted by Gasteiger charge is -2.20. The van der Waals surface area contributed by atoms with Gasteiger partial charge in [-0.05, 0) is 18.6 Å². The maximum absolute atomic E-state index is 13.1. The van der Waals surface area contributed by atoms with Crippen molar-refractivity contribution in [1.82, 2.24) is 10.6 Å². The van der Waals surface area contributed by atoms with E-state index in [0.717, 1.165) is 6.42 Å². The average molecular weight is 297 g/mol. The van der Waals surface area contributed by atoms with Crippen molar-refractivity contribution < 1.29 is 13.9 Å². The van der Waals surface area contributed by atoms with Gasteiger partial charge in [-0.2, -0.15) is 0 Å². The Morgan fingerprint density at radius 1 is 1.38 bits per heavy atom. The summed E-state index contributed by atoms with van der Waals surface area (Å²) in [6.45, 7) is 3.89. The zero-order valence-electron chi connectivity index (χ0n) is 12.9.